The predicted molar refractivity (Wildman–Crippen MR) is 56.2 cm³/mol. The quantitative estimate of drug-likeness (QED) is 0.651. The number of alkyl halides is 5. The van der Waals surface area contributed by atoms with E-state index in [9.17, 15) is 27.1 Å². The van der Waals surface area contributed by atoms with Crippen LogP contribution >= 0.6 is 0 Å². The zero-order valence-electron chi connectivity index (χ0n) is 9.22. The van der Waals surface area contributed by atoms with Gasteiger partial charge in [0.1, 0.15) is 0 Å². The number of hydrogen-bond donors (Lipinski definition) is 1. The summed E-state index contributed by atoms with van der Waals surface area (Å²) in [5.74, 6) is -5.27. The van der Waals surface area contributed by atoms with Crippen LogP contribution in [-0.2, 0) is 5.60 Å². The highest BCUT2D eigenvalue weighted by atomic mass is 19.4. The van der Waals surface area contributed by atoms with Gasteiger partial charge in [0.2, 0.25) is 0 Å². The topological polar surface area (TPSA) is 20.2 Å². The van der Waals surface area contributed by atoms with E-state index in [1.807, 2.05) is 0 Å². The van der Waals surface area contributed by atoms with Crippen molar-refractivity contribution in [3.05, 3.63) is 48.6 Å². The van der Waals surface area contributed by atoms with Gasteiger partial charge in [-0.3, -0.25) is 0 Å². The summed E-state index contributed by atoms with van der Waals surface area (Å²) in [5, 5.41) is 9.80. The van der Waals surface area contributed by atoms with Crippen molar-refractivity contribution in [3.8, 4) is 0 Å². The van der Waals surface area contributed by atoms with Crippen LogP contribution in [0, 0.1) is 0 Å². The standard InChI is InChI=1S/C12H11F5O/c1-2-8-10(18,9-6-4-3-5-7-9)11(13,14)12(15,16)17/h2-7,18H,1,8H2/t10-/m1/s1. The summed E-state index contributed by atoms with van der Waals surface area (Å²) >= 11 is 0. The molecule has 0 saturated heterocycles. The van der Waals surface area contributed by atoms with Crippen molar-refractivity contribution in [3.63, 3.8) is 0 Å². The van der Waals surface area contributed by atoms with E-state index in [1.54, 1.807) is 0 Å². The lowest BCUT2D eigenvalue weighted by Crippen LogP contribution is -2.54. The largest absolute Gasteiger partial charge is 0.456 e. The van der Waals surface area contributed by atoms with Crippen molar-refractivity contribution in [1.82, 2.24) is 0 Å². The number of rotatable bonds is 4. The van der Waals surface area contributed by atoms with Crippen LogP contribution in [-0.4, -0.2) is 17.2 Å². The first-order chi connectivity index (χ1) is 8.17. The molecular weight excluding hydrogens is 255 g/mol. The van der Waals surface area contributed by atoms with E-state index < -0.39 is 29.7 Å². The van der Waals surface area contributed by atoms with Crippen molar-refractivity contribution in [1.29, 1.82) is 0 Å². The molecule has 6 heteroatoms. The first-order valence-corrected chi connectivity index (χ1v) is 5.00. The third-order valence-corrected chi connectivity index (χ3v) is 2.57. The highest BCUT2D eigenvalue weighted by Crippen LogP contribution is 2.50. The lowest BCUT2D eigenvalue weighted by atomic mass is 9.84. The summed E-state index contributed by atoms with van der Waals surface area (Å²) in [4.78, 5) is 0. The number of benzene rings is 1. The average molecular weight is 266 g/mol. The molecule has 0 amide bonds. The van der Waals surface area contributed by atoms with Gasteiger partial charge in [-0.25, -0.2) is 0 Å². The third-order valence-electron chi connectivity index (χ3n) is 2.57. The Morgan fingerprint density at radius 1 is 1.06 bits per heavy atom. The van der Waals surface area contributed by atoms with Gasteiger partial charge in [0.15, 0.2) is 5.60 Å². The molecule has 1 atom stereocenters. The third kappa shape index (κ3) is 2.25. The normalized spacial score (nSPS) is 16.1. The van der Waals surface area contributed by atoms with Crippen LogP contribution in [0.1, 0.15) is 12.0 Å². The minimum atomic E-state index is -5.85. The summed E-state index contributed by atoms with van der Waals surface area (Å²) in [5.41, 5.74) is -3.86. The van der Waals surface area contributed by atoms with Crippen molar-refractivity contribution < 1.29 is 27.1 Å². The molecule has 0 bridgehead atoms. The Morgan fingerprint density at radius 3 is 1.94 bits per heavy atom. The van der Waals surface area contributed by atoms with Gasteiger partial charge in [-0.05, 0) is 5.56 Å². The second-order valence-corrected chi connectivity index (χ2v) is 3.79. The van der Waals surface area contributed by atoms with Crippen molar-refractivity contribution in [2.24, 2.45) is 0 Å². The van der Waals surface area contributed by atoms with Gasteiger partial charge in [0.25, 0.3) is 0 Å². The van der Waals surface area contributed by atoms with E-state index in [0.29, 0.717) is 0 Å². The first kappa shape index (κ1) is 14.6. The molecule has 18 heavy (non-hydrogen) atoms. The van der Waals surface area contributed by atoms with E-state index in [1.165, 1.54) is 18.2 Å². The molecule has 0 radical (unpaired) electrons. The monoisotopic (exact) mass is 266 g/mol. The molecule has 0 fully saturated rings. The van der Waals surface area contributed by atoms with E-state index in [0.717, 1.165) is 18.2 Å². The maximum Gasteiger partial charge on any atom is 0.456 e. The van der Waals surface area contributed by atoms with Crippen LogP contribution in [0.4, 0.5) is 22.0 Å². The smallest absolute Gasteiger partial charge is 0.378 e. The van der Waals surface area contributed by atoms with Gasteiger partial charge in [0.05, 0.1) is 0 Å². The maximum absolute atomic E-state index is 13.4. The molecule has 0 spiro atoms. The molecule has 0 heterocycles. The van der Waals surface area contributed by atoms with Gasteiger partial charge < -0.3 is 5.11 Å². The molecule has 100 valence electrons. The highest BCUT2D eigenvalue weighted by molar-refractivity contribution is 5.27. The molecule has 0 unspecified atom stereocenters. The Balaban J connectivity index is 3.37. The Labute approximate surface area is 101 Å². The molecule has 1 aromatic carbocycles. The Hall–Kier alpha value is -1.43. The molecule has 0 aliphatic carbocycles. The number of aliphatic hydroxyl groups is 1. The van der Waals surface area contributed by atoms with Crippen LogP contribution in [0.25, 0.3) is 0 Å². The second-order valence-electron chi connectivity index (χ2n) is 3.79. The van der Waals surface area contributed by atoms with Crippen LogP contribution in [0.15, 0.2) is 43.0 Å². The van der Waals surface area contributed by atoms with E-state index in [2.05, 4.69) is 6.58 Å². The molecule has 0 aliphatic heterocycles. The zero-order chi connectivity index (χ0) is 14.0. The Morgan fingerprint density at radius 2 is 1.56 bits per heavy atom. The predicted octanol–water partition coefficient (Wildman–Crippen LogP) is 3.65. The van der Waals surface area contributed by atoms with E-state index in [4.69, 9.17) is 0 Å². The summed E-state index contributed by atoms with van der Waals surface area (Å²) in [6.07, 6.45) is -5.93. The molecule has 0 aromatic heterocycles. The molecule has 1 nitrogen and oxygen atoms in total. The van der Waals surface area contributed by atoms with E-state index in [-0.39, 0.29) is 0 Å². The van der Waals surface area contributed by atoms with Gasteiger partial charge in [-0.15, -0.1) is 6.58 Å². The Kier molecular flexibility index (Phi) is 3.81. The minimum absolute atomic E-state index is 0.507. The Bertz CT molecular complexity index is 412. The summed E-state index contributed by atoms with van der Waals surface area (Å²) in [6.45, 7) is 3.11. The molecular formula is C12H11F5O. The SMILES string of the molecule is C=CC[C@@](O)(c1ccccc1)C(F)(F)C(F)(F)F. The lowest BCUT2D eigenvalue weighted by molar-refractivity contribution is -0.345. The van der Waals surface area contributed by atoms with Gasteiger partial charge in [-0.2, -0.15) is 22.0 Å². The van der Waals surface area contributed by atoms with Crippen LogP contribution in [0.2, 0.25) is 0 Å². The molecule has 1 aromatic rings. The lowest BCUT2D eigenvalue weighted by Gasteiger charge is -2.36. The fraction of sp³-hybridized carbons (Fsp3) is 0.333. The number of hydrogen-bond acceptors (Lipinski definition) is 1. The molecule has 1 N–H and O–H groups in total. The second kappa shape index (κ2) is 4.68. The summed E-state index contributed by atoms with van der Waals surface area (Å²) < 4.78 is 64.0. The van der Waals surface area contributed by atoms with E-state index >= 15 is 0 Å². The summed E-state index contributed by atoms with van der Waals surface area (Å²) in [7, 11) is 0. The first-order valence-electron chi connectivity index (χ1n) is 5.00. The fourth-order valence-electron chi connectivity index (χ4n) is 1.58. The maximum atomic E-state index is 13.4. The molecule has 0 saturated carbocycles. The van der Waals surface area contributed by atoms with Crippen LogP contribution in [0.5, 0.6) is 0 Å². The molecule has 0 aliphatic rings. The number of halogens is 5. The minimum Gasteiger partial charge on any atom is -0.378 e. The van der Waals surface area contributed by atoms with Crippen molar-refractivity contribution in [2.75, 3.05) is 0 Å². The van der Waals surface area contributed by atoms with Crippen LogP contribution < -0.4 is 0 Å². The molecule has 1 rings (SSSR count). The van der Waals surface area contributed by atoms with Crippen molar-refractivity contribution >= 4 is 0 Å². The van der Waals surface area contributed by atoms with Gasteiger partial charge >= 0.3 is 12.1 Å². The summed E-state index contributed by atoms with van der Waals surface area (Å²) in [6, 6.07) is 6.03. The van der Waals surface area contributed by atoms with Crippen LogP contribution in [0.3, 0.4) is 0 Å². The van der Waals surface area contributed by atoms with Gasteiger partial charge in [-0.1, -0.05) is 36.4 Å². The highest BCUT2D eigenvalue weighted by Gasteiger charge is 2.69. The van der Waals surface area contributed by atoms with Crippen molar-refractivity contribution in [2.45, 2.75) is 24.1 Å². The zero-order valence-corrected chi connectivity index (χ0v) is 9.22. The average Bonchev–Trinajstić information content (AvgIpc) is 2.28. The van der Waals surface area contributed by atoms with Gasteiger partial charge in [0, 0.05) is 6.42 Å². The fourth-order valence-corrected chi connectivity index (χ4v) is 1.58.